The SMILES string of the molecule is CCc1ccc(Oc2nc(Cl)ccc2N)cc1. The Kier molecular flexibility index (Phi) is 3.49. The standard InChI is InChI=1S/C13H13ClN2O/c1-2-9-3-5-10(6-4-9)17-13-11(15)7-8-12(14)16-13/h3-8H,2,15H2,1H3. The van der Waals surface area contributed by atoms with Crippen molar-refractivity contribution < 1.29 is 4.74 Å². The van der Waals surface area contributed by atoms with Gasteiger partial charge >= 0.3 is 0 Å². The molecule has 2 rings (SSSR count). The van der Waals surface area contributed by atoms with E-state index in [-0.39, 0.29) is 0 Å². The normalized spacial score (nSPS) is 10.2. The van der Waals surface area contributed by atoms with Gasteiger partial charge in [-0.3, -0.25) is 0 Å². The van der Waals surface area contributed by atoms with Gasteiger partial charge < -0.3 is 10.5 Å². The van der Waals surface area contributed by atoms with Crippen LogP contribution in [-0.2, 0) is 6.42 Å². The van der Waals surface area contributed by atoms with Gasteiger partial charge in [-0.25, -0.2) is 0 Å². The topological polar surface area (TPSA) is 48.1 Å². The number of nitrogen functional groups attached to an aromatic ring is 1. The summed E-state index contributed by atoms with van der Waals surface area (Å²) >= 11 is 5.78. The first-order valence-corrected chi connectivity index (χ1v) is 5.75. The van der Waals surface area contributed by atoms with Gasteiger partial charge in [0, 0.05) is 0 Å². The number of nitrogens with zero attached hydrogens (tertiary/aromatic N) is 1. The van der Waals surface area contributed by atoms with Crippen LogP contribution in [0.3, 0.4) is 0 Å². The number of ether oxygens (including phenoxy) is 1. The van der Waals surface area contributed by atoms with E-state index in [4.69, 9.17) is 22.1 Å². The molecule has 0 fully saturated rings. The molecule has 1 aromatic carbocycles. The van der Waals surface area contributed by atoms with Gasteiger partial charge in [0.2, 0.25) is 5.88 Å². The molecule has 0 unspecified atom stereocenters. The van der Waals surface area contributed by atoms with Crippen molar-refractivity contribution in [1.82, 2.24) is 4.98 Å². The molecule has 0 atom stereocenters. The van der Waals surface area contributed by atoms with Crippen molar-refractivity contribution >= 4 is 17.3 Å². The van der Waals surface area contributed by atoms with Crippen molar-refractivity contribution in [2.24, 2.45) is 0 Å². The van der Waals surface area contributed by atoms with Crippen LogP contribution in [0.15, 0.2) is 36.4 Å². The highest BCUT2D eigenvalue weighted by Gasteiger charge is 2.04. The van der Waals surface area contributed by atoms with Crippen molar-refractivity contribution in [3.05, 3.63) is 47.1 Å². The van der Waals surface area contributed by atoms with E-state index in [1.54, 1.807) is 12.1 Å². The van der Waals surface area contributed by atoms with E-state index in [1.807, 2.05) is 24.3 Å². The minimum atomic E-state index is 0.335. The third kappa shape index (κ3) is 2.88. The fourth-order valence-electron chi connectivity index (χ4n) is 1.42. The second-order valence-corrected chi connectivity index (χ2v) is 4.02. The Hall–Kier alpha value is -1.74. The number of halogens is 1. The molecule has 0 aliphatic rings. The first-order valence-electron chi connectivity index (χ1n) is 5.38. The van der Waals surface area contributed by atoms with E-state index in [9.17, 15) is 0 Å². The predicted octanol–water partition coefficient (Wildman–Crippen LogP) is 3.67. The zero-order valence-corrected chi connectivity index (χ0v) is 10.2. The molecule has 0 saturated carbocycles. The molecule has 1 heterocycles. The van der Waals surface area contributed by atoms with Crippen LogP contribution in [0.1, 0.15) is 12.5 Å². The molecule has 88 valence electrons. The van der Waals surface area contributed by atoms with E-state index >= 15 is 0 Å². The Morgan fingerprint density at radius 2 is 1.88 bits per heavy atom. The second kappa shape index (κ2) is 5.06. The number of rotatable bonds is 3. The van der Waals surface area contributed by atoms with Crippen LogP contribution in [0.5, 0.6) is 11.6 Å². The monoisotopic (exact) mass is 248 g/mol. The summed E-state index contributed by atoms with van der Waals surface area (Å²) in [5.41, 5.74) is 7.47. The Morgan fingerprint density at radius 3 is 2.53 bits per heavy atom. The zero-order chi connectivity index (χ0) is 12.3. The van der Waals surface area contributed by atoms with Crippen molar-refractivity contribution in [3.63, 3.8) is 0 Å². The lowest BCUT2D eigenvalue weighted by atomic mass is 10.2. The predicted molar refractivity (Wildman–Crippen MR) is 69.6 cm³/mol. The molecule has 2 N–H and O–H groups in total. The van der Waals surface area contributed by atoms with E-state index in [0.29, 0.717) is 22.5 Å². The summed E-state index contributed by atoms with van der Waals surface area (Å²) in [6.07, 6.45) is 0.998. The number of aryl methyl sites for hydroxylation is 1. The van der Waals surface area contributed by atoms with Crippen LogP contribution in [0, 0.1) is 0 Å². The lowest BCUT2D eigenvalue weighted by molar-refractivity contribution is 0.465. The zero-order valence-electron chi connectivity index (χ0n) is 9.48. The molecule has 0 aliphatic carbocycles. The number of hydrogen-bond acceptors (Lipinski definition) is 3. The number of nitrogens with two attached hydrogens (primary N) is 1. The number of hydrogen-bond donors (Lipinski definition) is 1. The average molecular weight is 249 g/mol. The molecule has 0 spiro atoms. The smallest absolute Gasteiger partial charge is 0.244 e. The highest BCUT2D eigenvalue weighted by atomic mass is 35.5. The number of aromatic nitrogens is 1. The van der Waals surface area contributed by atoms with Crippen molar-refractivity contribution in [2.45, 2.75) is 13.3 Å². The summed E-state index contributed by atoms with van der Waals surface area (Å²) in [6.45, 7) is 2.10. The minimum absolute atomic E-state index is 0.335. The lowest BCUT2D eigenvalue weighted by Gasteiger charge is -2.07. The summed E-state index contributed by atoms with van der Waals surface area (Å²) in [4.78, 5) is 4.03. The molecule has 17 heavy (non-hydrogen) atoms. The van der Waals surface area contributed by atoms with Crippen LogP contribution in [0.2, 0.25) is 5.15 Å². The van der Waals surface area contributed by atoms with Gasteiger partial charge in [0.1, 0.15) is 10.9 Å². The lowest BCUT2D eigenvalue weighted by Crippen LogP contribution is -1.95. The van der Waals surface area contributed by atoms with E-state index < -0.39 is 0 Å². The molecule has 0 bridgehead atoms. The summed E-state index contributed by atoms with van der Waals surface area (Å²) < 4.78 is 5.57. The molecule has 1 aromatic heterocycles. The maximum Gasteiger partial charge on any atom is 0.244 e. The maximum atomic E-state index is 5.78. The van der Waals surface area contributed by atoms with Crippen LogP contribution in [0.25, 0.3) is 0 Å². The Morgan fingerprint density at radius 1 is 1.18 bits per heavy atom. The molecule has 0 radical (unpaired) electrons. The van der Waals surface area contributed by atoms with Gasteiger partial charge in [-0.1, -0.05) is 30.7 Å². The van der Waals surface area contributed by atoms with Gasteiger partial charge in [0.05, 0.1) is 5.69 Å². The molecule has 2 aromatic rings. The Bertz CT molecular complexity index is 511. The fourth-order valence-corrected chi connectivity index (χ4v) is 1.55. The van der Waals surface area contributed by atoms with Gasteiger partial charge in [0.15, 0.2) is 0 Å². The van der Waals surface area contributed by atoms with Crippen LogP contribution < -0.4 is 10.5 Å². The highest BCUT2D eigenvalue weighted by Crippen LogP contribution is 2.26. The van der Waals surface area contributed by atoms with E-state index in [2.05, 4.69) is 11.9 Å². The Balaban J connectivity index is 2.22. The fraction of sp³-hybridized carbons (Fsp3) is 0.154. The summed E-state index contributed by atoms with van der Waals surface area (Å²) in [6, 6.07) is 11.1. The summed E-state index contributed by atoms with van der Waals surface area (Å²) in [5.74, 6) is 1.03. The first-order chi connectivity index (χ1) is 8.19. The third-order valence-corrected chi connectivity index (χ3v) is 2.61. The van der Waals surface area contributed by atoms with Crippen molar-refractivity contribution in [3.8, 4) is 11.6 Å². The summed E-state index contributed by atoms with van der Waals surface area (Å²) in [5, 5.41) is 0.361. The molecule has 3 nitrogen and oxygen atoms in total. The second-order valence-electron chi connectivity index (χ2n) is 3.63. The van der Waals surface area contributed by atoms with Crippen molar-refractivity contribution in [1.29, 1.82) is 0 Å². The first kappa shape index (κ1) is 11.7. The van der Waals surface area contributed by atoms with E-state index in [0.717, 1.165) is 6.42 Å². The largest absolute Gasteiger partial charge is 0.437 e. The average Bonchev–Trinajstić information content (AvgIpc) is 2.35. The van der Waals surface area contributed by atoms with Crippen LogP contribution in [0.4, 0.5) is 5.69 Å². The molecule has 0 saturated heterocycles. The van der Waals surface area contributed by atoms with Crippen molar-refractivity contribution in [2.75, 3.05) is 5.73 Å². The molecule has 0 aliphatic heterocycles. The highest BCUT2D eigenvalue weighted by molar-refractivity contribution is 6.29. The summed E-state index contributed by atoms with van der Waals surface area (Å²) in [7, 11) is 0. The van der Waals surface area contributed by atoms with E-state index in [1.165, 1.54) is 5.56 Å². The van der Waals surface area contributed by atoms with Gasteiger partial charge in [-0.05, 0) is 36.2 Å². The molecular formula is C13H13ClN2O. The Labute approximate surface area is 105 Å². The molecule has 4 heteroatoms. The van der Waals surface area contributed by atoms with Gasteiger partial charge in [-0.2, -0.15) is 4.98 Å². The number of benzene rings is 1. The molecular weight excluding hydrogens is 236 g/mol. The van der Waals surface area contributed by atoms with Crippen LogP contribution in [-0.4, -0.2) is 4.98 Å². The third-order valence-electron chi connectivity index (χ3n) is 2.40. The quantitative estimate of drug-likeness (QED) is 0.843. The maximum absolute atomic E-state index is 5.78. The minimum Gasteiger partial charge on any atom is -0.437 e. The van der Waals surface area contributed by atoms with Gasteiger partial charge in [-0.15, -0.1) is 0 Å². The number of pyridine rings is 1. The molecule has 0 amide bonds. The number of anilines is 1. The van der Waals surface area contributed by atoms with Gasteiger partial charge in [0.25, 0.3) is 0 Å². The van der Waals surface area contributed by atoms with Crippen LogP contribution >= 0.6 is 11.6 Å².